The molecular weight excluding hydrogens is 499 g/mol. The van der Waals surface area contributed by atoms with Crippen LogP contribution < -0.4 is 10.6 Å². The van der Waals surface area contributed by atoms with Crippen molar-refractivity contribution in [2.24, 2.45) is 4.99 Å². The molecule has 0 bridgehead atoms. The lowest BCUT2D eigenvalue weighted by atomic mass is 10.3. The molecule has 0 fully saturated rings. The molecule has 0 amide bonds. The van der Waals surface area contributed by atoms with E-state index in [1.54, 1.807) is 12.5 Å². The summed E-state index contributed by atoms with van der Waals surface area (Å²) < 4.78 is 16.1. The molecule has 30 heavy (non-hydrogen) atoms. The monoisotopic (exact) mass is 526 g/mol. The van der Waals surface area contributed by atoms with Crippen molar-refractivity contribution < 1.29 is 13.7 Å². The number of pyridine rings is 1. The van der Waals surface area contributed by atoms with Crippen molar-refractivity contribution in [2.75, 3.05) is 26.2 Å². The predicted molar refractivity (Wildman–Crippen MR) is 124 cm³/mol. The van der Waals surface area contributed by atoms with Gasteiger partial charge in [-0.15, -0.1) is 24.0 Å². The first-order valence-electron chi connectivity index (χ1n) is 9.71. The SMILES string of the molecule is CCNC(=NCCCOCc1ccco1)NCCc1noc(-c2ccccn2)n1.I. The molecule has 0 radical (unpaired) electrons. The maximum absolute atomic E-state index is 5.56. The molecule has 9 nitrogen and oxygen atoms in total. The largest absolute Gasteiger partial charge is 0.467 e. The third kappa shape index (κ3) is 8.11. The van der Waals surface area contributed by atoms with Crippen molar-refractivity contribution in [1.82, 2.24) is 25.8 Å². The smallest absolute Gasteiger partial charge is 0.276 e. The number of hydrogen-bond acceptors (Lipinski definition) is 7. The van der Waals surface area contributed by atoms with Crippen LogP contribution in [0.4, 0.5) is 0 Å². The van der Waals surface area contributed by atoms with E-state index in [1.165, 1.54) is 0 Å². The van der Waals surface area contributed by atoms with E-state index in [1.807, 2.05) is 37.3 Å². The maximum atomic E-state index is 5.56. The molecule has 0 aromatic carbocycles. The van der Waals surface area contributed by atoms with Crippen molar-refractivity contribution >= 4 is 29.9 Å². The zero-order chi connectivity index (χ0) is 20.2. The minimum absolute atomic E-state index is 0. The Morgan fingerprint density at radius 1 is 1.20 bits per heavy atom. The fourth-order valence-corrected chi connectivity index (χ4v) is 2.51. The van der Waals surface area contributed by atoms with Crippen LogP contribution in [0.3, 0.4) is 0 Å². The summed E-state index contributed by atoms with van der Waals surface area (Å²) >= 11 is 0. The van der Waals surface area contributed by atoms with Crippen LogP contribution in [0.15, 0.2) is 56.7 Å². The summed E-state index contributed by atoms with van der Waals surface area (Å²) in [6.07, 6.45) is 4.79. The zero-order valence-corrected chi connectivity index (χ0v) is 19.2. The molecule has 10 heteroatoms. The Labute approximate surface area is 192 Å². The number of nitrogens with zero attached hydrogens (tertiary/aromatic N) is 4. The van der Waals surface area contributed by atoms with Crippen LogP contribution in [-0.2, 0) is 17.8 Å². The van der Waals surface area contributed by atoms with Gasteiger partial charge >= 0.3 is 0 Å². The maximum Gasteiger partial charge on any atom is 0.276 e. The van der Waals surface area contributed by atoms with E-state index < -0.39 is 0 Å². The van der Waals surface area contributed by atoms with Gasteiger partial charge < -0.3 is 24.3 Å². The van der Waals surface area contributed by atoms with Gasteiger partial charge in [0.05, 0.1) is 6.26 Å². The van der Waals surface area contributed by atoms with Crippen LogP contribution in [0.2, 0.25) is 0 Å². The second-order valence-corrected chi connectivity index (χ2v) is 6.15. The van der Waals surface area contributed by atoms with E-state index >= 15 is 0 Å². The molecule has 0 saturated carbocycles. The van der Waals surface area contributed by atoms with Crippen LogP contribution in [0.25, 0.3) is 11.6 Å². The van der Waals surface area contributed by atoms with Gasteiger partial charge in [0.15, 0.2) is 11.8 Å². The van der Waals surface area contributed by atoms with Gasteiger partial charge in [-0.2, -0.15) is 4.98 Å². The van der Waals surface area contributed by atoms with Crippen molar-refractivity contribution in [2.45, 2.75) is 26.4 Å². The lowest BCUT2D eigenvalue weighted by molar-refractivity contribution is 0.105. The van der Waals surface area contributed by atoms with E-state index in [0.29, 0.717) is 50.1 Å². The second kappa shape index (κ2) is 13.7. The molecular formula is C20H27IN6O3. The number of nitrogens with one attached hydrogen (secondary N) is 2. The van der Waals surface area contributed by atoms with Crippen LogP contribution in [0, 0.1) is 0 Å². The average Bonchev–Trinajstić information content (AvgIpc) is 3.43. The van der Waals surface area contributed by atoms with Crippen molar-refractivity contribution in [3.05, 3.63) is 54.4 Å². The molecule has 3 aromatic heterocycles. The van der Waals surface area contributed by atoms with E-state index in [-0.39, 0.29) is 24.0 Å². The van der Waals surface area contributed by atoms with Gasteiger partial charge in [0.2, 0.25) is 0 Å². The summed E-state index contributed by atoms with van der Waals surface area (Å²) in [6, 6.07) is 9.32. The zero-order valence-electron chi connectivity index (χ0n) is 16.9. The summed E-state index contributed by atoms with van der Waals surface area (Å²) in [5, 5.41) is 10.5. The molecule has 0 aliphatic rings. The fourth-order valence-electron chi connectivity index (χ4n) is 2.51. The molecule has 3 rings (SSSR count). The summed E-state index contributed by atoms with van der Waals surface area (Å²) in [4.78, 5) is 13.1. The van der Waals surface area contributed by atoms with Crippen molar-refractivity contribution in [3.63, 3.8) is 0 Å². The minimum Gasteiger partial charge on any atom is -0.467 e. The van der Waals surface area contributed by atoms with E-state index in [4.69, 9.17) is 13.7 Å². The molecule has 0 unspecified atom stereocenters. The van der Waals surface area contributed by atoms with Crippen LogP contribution >= 0.6 is 24.0 Å². The molecule has 2 N–H and O–H groups in total. The number of guanidine groups is 1. The Kier molecular flexibility index (Phi) is 10.9. The number of furan rings is 1. The summed E-state index contributed by atoms with van der Waals surface area (Å²) in [7, 11) is 0. The molecule has 0 spiro atoms. The molecule has 0 saturated heterocycles. The van der Waals surface area contributed by atoms with Gasteiger partial charge in [0.1, 0.15) is 18.1 Å². The molecule has 3 heterocycles. The highest BCUT2D eigenvalue weighted by Gasteiger charge is 2.09. The molecule has 0 aliphatic carbocycles. The average molecular weight is 526 g/mol. The summed E-state index contributed by atoms with van der Waals surface area (Å²) in [6.45, 7) is 5.24. The highest BCUT2D eigenvalue weighted by molar-refractivity contribution is 14.0. The fraction of sp³-hybridized carbons (Fsp3) is 0.400. The first kappa shape index (κ1) is 23.8. The number of rotatable bonds is 11. The van der Waals surface area contributed by atoms with Gasteiger partial charge in [-0.05, 0) is 37.6 Å². The Morgan fingerprint density at radius 3 is 2.90 bits per heavy atom. The van der Waals surface area contributed by atoms with Crippen molar-refractivity contribution in [1.29, 1.82) is 0 Å². The van der Waals surface area contributed by atoms with E-state index in [0.717, 1.165) is 24.7 Å². The topological polar surface area (TPSA) is 111 Å². The summed E-state index contributed by atoms with van der Waals surface area (Å²) in [5.74, 6) is 2.64. The standard InChI is InChI=1S/C20H26N6O3.HI/c1-2-21-20(23-11-6-13-27-15-16-7-5-14-28-16)24-12-9-18-25-19(29-26-18)17-8-3-4-10-22-17;/h3-5,7-8,10,14H,2,6,9,11-13,15H2,1H3,(H2,21,23,24);1H. The Balaban J connectivity index is 0.00000320. The first-order chi connectivity index (χ1) is 14.3. The molecule has 162 valence electrons. The van der Waals surface area contributed by atoms with Crippen molar-refractivity contribution in [3.8, 4) is 11.6 Å². The Morgan fingerprint density at radius 2 is 2.13 bits per heavy atom. The normalized spacial score (nSPS) is 11.2. The number of aromatic nitrogens is 3. The Hall–Kier alpha value is -2.47. The molecule has 0 atom stereocenters. The van der Waals surface area contributed by atoms with Crippen LogP contribution in [0.1, 0.15) is 24.9 Å². The third-order valence-electron chi connectivity index (χ3n) is 3.88. The Bertz CT molecular complexity index is 855. The van der Waals surface area contributed by atoms with Gasteiger partial charge in [-0.25, -0.2) is 0 Å². The van der Waals surface area contributed by atoms with Gasteiger partial charge in [-0.1, -0.05) is 11.2 Å². The quantitative estimate of drug-likeness (QED) is 0.170. The minimum atomic E-state index is 0. The number of halogens is 1. The highest BCUT2D eigenvalue weighted by atomic mass is 127. The lowest BCUT2D eigenvalue weighted by Gasteiger charge is -2.10. The second-order valence-electron chi connectivity index (χ2n) is 6.15. The number of aliphatic imine (C=N–C) groups is 1. The predicted octanol–water partition coefficient (Wildman–Crippen LogP) is 3.05. The lowest BCUT2D eigenvalue weighted by Crippen LogP contribution is -2.38. The van der Waals surface area contributed by atoms with Crippen LogP contribution in [0.5, 0.6) is 0 Å². The number of ether oxygens (including phenoxy) is 1. The molecule has 0 aliphatic heterocycles. The number of hydrogen-bond donors (Lipinski definition) is 2. The van der Waals surface area contributed by atoms with Crippen LogP contribution in [-0.4, -0.2) is 47.3 Å². The van der Waals surface area contributed by atoms with E-state index in [9.17, 15) is 0 Å². The highest BCUT2D eigenvalue weighted by Crippen LogP contribution is 2.13. The molecule has 3 aromatic rings. The first-order valence-corrected chi connectivity index (χ1v) is 9.71. The summed E-state index contributed by atoms with van der Waals surface area (Å²) in [5.41, 5.74) is 0.670. The van der Waals surface area contributed by atoms with Gasteiger partial charge in [0, 0.05) is 38.9 Å². The van der Waals surface area contributed by atoms with E-state index in [2.05, 4.69) is 30.8 Å². The van der Waals surface area contributed by atoms with Gasteiger partial charge in [0.25, 0.3) is 5.89 Å². The third-order valence-corrected chi connectivity index (χ3v) is 3.88. The van der Waals surface area contributed by atoms with Gasteiger partial charge in [-0.3, -0.25) is 9.98 Å².